The van der Waals surface area contributed by atoms with Crippen LogP contribution in [0.1, 0.15) is 58.8 Å². The molecule has 7 heteroatoms. The predicted molar refractivity (Wildman–Crippen MR) is 120 cm³/mol. The molecule has 2 atom stereocenters. The van der Waals surface area contributed by atoms with Crippen LogP contribution in [0.2, 0.25) is 0 Å². The van der Waals surface area contributed by atoms with Gasteiger partial charge in [0.1, 0.15) is 5.75 Å². The van der Waals surface area contributed by atoms with Gasteiger partial charge in [0.25, 0.3) is 11.8 Å². The third-order valence-electron chi connectivity index (χ3n) is 5.76. The number of fused-ring (bicyclic) bond motifs is 1. The lowest BCUT2D eigenvalue weighted by molar-refractivity contribution is -0.198. The minimum absolute atomic E-state index is 0.0233. The van der Waals surface area contributed by atoms with Crippen LogP contribution >= 0.6 is 0 Å². The van der Waals surface area contributed by atoms with E-state index in [-0.39, 0.29) is 24.1 Å². The van der Waals surface area contributed by atoms with Crippen molar-refractivity contribution >= 4 is 17.9 Å². The van der Waals surface area contributed by atoms with Crippen molar-refractivity contribution in [3.8, 4) is 5.75 Å². The van der Waals surface area contributed by atoms with E-state index in [4.69, 9.17) is 14.3 Å². The van der Waals surface area contributed by atoms with E-state index >= 15 is 0 Å². The van der Waals surface area contributed by atoms with E-state index in [0.29, 0.717) is 12.2 Å². The molecule has 2 amide bonds. The number of rotatable bonds is 7. The van der Waals surface area contributed by atoms with Crippen molar-refractivity contribution in [1.29, 1.82) is 0 Å². The van der Waals surface area contributed by atoms with Crippen LogP contribution in [0.15, 0.2) is 48.5 Å². The van der Waals surface area contributed by atoms with E-state index in [0.717, 1.165) is 49.0 Å². The van der Waals surface area contributed by atoms with Gasteiger partial charge in [-0.25, -0.2) is 10.3 Å². The molecular formula is C25H28N2O5. The maximum atomic E-state index is 12.6. The van der Waals surface area contributed by atoms with Crippen molar-refractivity contribution < 1.29 is 23.9 Å². The van der Waals surface area contributed by atoms with Gasteiger partial charge in [-0.15, -0.1) is 0 Å². The number of carbonyl (C=O) groups is 2. The fraction of sp³-hybridized carbons (Fsp3) is 0.360. The highest BCUT2D eigenvalue weighted by Crippen LogP contribution is 2.32. The molecule has 32 heavy (non-hydrogen) atoms. The summed E-state index contributed by atoms with van der Waals surface area (Å²) in [5.74, 6) is 0.285. The van der Waals surface area contributed by atoms with Crippen LogP contribution in [0.5, 0.6) is 5.75 Å². The Kier molecular flexibility index (Phi) is 7.19. The third kappa shape index (κ3) is 5.55. The number of hydrogen-bond donors (Lipinski definition) is 2. The largest absolute Gasteiger partial charge is 0.497 e. The summed E-state index contributed by atoms with van der Waals surface area (Å²) in [5.41, 5.74) is 6.25. The molecule has 1 fully saturated rings. The average Bonchev–Trinajstić information content (AvgIpc) is 3.24. The van der Waals surface area contributed by atoms with E-state index in [1.807, 2.05) is 12.1 Å². The van der Waals surface area contributed by atoms with Crippen LogP contribution < -0.4 is 15.5 Å². The van der Waals surface area contributed by atoms with Gasteiger partial charge in [-0.2, -0.15) is 0 Å². The van der Waals surface area contributed by atoms with Gasteiger partial charge in [0, 0.05) is 24.7 Å². The number of hydrogen-bond acceptors (Lipinski definition) is 5. The third-order valence-corrected chi connectivity index (χ3v) is 5.76. The van der Waals surface area contributed by atoms with E-state index in [2.05, 4.69) is 16.9 Å². The summed E-state index contributed by atoms with van der Waals surface area (Å²) in [6.45, 7) is 0.660. The lowest BCUT2D eigenvalue weighted by Gasteiger charge is -2.21. The standard InChI is InChI=1S/C25H28N2O5/c1-30-20-10-7-18(8-11-20)25(29)26-22-13-9-19-16-17(5-12-21(19)22)6-14-23(28)27-32-24-4-2-3-15-31-24/h5-8,10-12,14,16,22,24H,2-4,9,13,15H2,1H3,(H,26,29)(H,27,28). The van der Waals surface area contributed by atoms with E-state index in [9.17, 15) is 9.59 Å². The molecule has 1 aliphatic carbocycles. The van der Waals surface area contributed by atoms with Gasteiger partial charge in [-0.05, 0) is 72.7 Å². The molecule has 0 spiro atoms. The summed E-state index contributed by atoms with van der Waals surface area (Å²) in [5, 5.41) is 3.12. The number of nitrogens with one attached hydrogen (secondary N) is 2. The number of ether oxygens (including phenoxy) is 2. The fourth-order valence-corrected chi connectivity index (χ4v) is 4.01. The van der Waals surface area contributed by atoms with Crippen LogP contribution in [-0.4, -0.2) is 31.8 Å². The molecular weight excluding hydrogens is 408 g/mol. The number of hydroxylamine groups is 1. The molecule has 0 aromatic heterocycles. The summed E-state index contributed by atoms with van der Waals surface area (Å²) >= 11 is 0. The fourth-order valence-electron chi connectivity index (χ4n) is 4.01. The lowest BCUT2D eigenvalue weighted by atomic mass is 10.0. The first-order chi connectivity index (χ1) is 15.6. The highest BCUT2D eigenvalue weighted by atomic mass is 16.8. The first-order valence-corrected chi connectivity index (χ1v) is 11.0. The Hall–Kier alpha value is -3.16. The summed E-state index contributed by atoms with van der Waals surface area (Å²) in [7, 11) is 1.60. The average molecular weight is 437 g/mol. The Balaban J connectivity index is 1.32. The highest BCUT2D eigenvalue weighted by Gasteiger charge is 2.24. The summed E-state index contributed by atoms with van der Waals surface area (Å²) in [4.78, 5) is 29.9. The monoisotopic (exact) mass is 436 g/mol. The molecule has 168 valence electrons. The first-order valence-electron chi connectivity index (χ1n) is 11.0. The van der Waals surface area contributed by atoms with Crippen LogP contribution in [0, 0.1) is 0 Å². The smallest absolute Gasteiger partial charge is 0.267 e. The van der Waals surface area contributed by atoms with Crippen LogP contribution in [-0.2, 0) is 20.8 Å². The van der Waals surface area contributed by atoms with Crippen molar-refractivity contribution in [2.45, 2.75) is 44.4 Å². The van der Waals surface area contributed by atoms with Gasteiger partial charge in [0.15, 0.2) is 6.29 Å². The lowest BCUT2D eigenvalue weighted by Crippen LogP contribution is -2.32. The number of aryl methyl sites for hydroxylation is 1. The SMILES string of the molecule is COc1ccc(C(=O)NC2CCc3cc(C=CC(=O)NOC4CCCCO4)ccc32)cc1. The molecule has 0 radical (unpaired) electrons. The molecule has 0 saturated carbocycles. The second-order valence-corrected chi connectivity index (χ2v) is 7.97. The number of amides is 2. The maximum Gasteiger partial charge on any atom is 0.267 e. The molecule has 2 aliphatic rings. The second-order valence-electron chi connectivity index (χ2n) is 7.97. The molecule has 2 unspecified atom stereocenters. The minimum Gasteiger partial charge on any atom is -0.497 e. The van der Waals surface area contributed by atoms with Crippen molar-refractivity contribution in [2.75, 3.05) is 13.7 Å². The van der Waals surface area contributed by atoms with Gasteiger partial charge in [-0.1, -0.05) is 18.2 Å². The van der Waals surface area contributed by atoms with Crippen LogP contribution in [0.4, 0.5) is 0 Å². The van der Waals surface area contributed by atoms with E-state index in [1.54, 1.807) is 37.5 Å². The number of methoxy groups -OCH3 is 1. The van der Waals surface area contributed by atoms with Crippen molar-refractivity contribution in [3.63, 3.8) is 0 Å². The van der Waals surface area contributed by atoms with Gasteiger partial charge in [0.05, 0.1) is 13.2 Å². The molecule has 7 nitrogen and oxygen atoms in total. The normalized spacial score (nSPS) is 20.0. The topological polar surface area (TPSA) is 85.9 Å². The molecule has 2 aromatic carbocycles. The predicted octanol–water partition coefficient (Wildman–Crippen LogP) is 3.70. The first kappa shape index (κ1) is 22.0. The maximum absolute atomic E-state index is 12.6. The Labute approximate surface area is 187 Å². The molecule has 1 heterocycles. The molecule has 4 rings (SSSR count). The molecule has 1 saturated heterocycles. The van der Waals surface area contributed by atoms with Gasteiger partial charge < -0.3 is 14.8 Å². The van der Waals surface area contributed by atoms with Gasteiger partial charge >= 0.3 is 0 Å². The van der Waals surface area contributed by atoms with Crippen molar-refractivity contribution in [3.05, 3.63) is 70.8 Å². The van der Waals surface area contributed by atoms with Crippen molar-refractivity contribution in [1.82, 2.24) is 10.8 Å². The van der Waals surface area contributed by atoms with Crippen LogP contribution in [0.25, 0.3) is 6.08 Å². The molecule has 2 aromatic rings. The van der Waals surface area contributed by atoms with E-state index < -0.39 is 0 Å². The minimum atomic E-state index is -0.369. The van der Waals surface area contributed by atoms with Crippen molar-refractivity contribution in [2.24, 2.45) is 0 Å². The summed E-state index contributed by atoms with van der Waals surface area (Å²) in [6, 6.07) is 13.1. The number of carbonyl (C=O) groups excluding carboxylic acids is 2. The molecule has 1 aliphatic heterocycles. The molecule has 2 N–H and O–H groups in total. The van der Waals surface area contributed by atoms with E-state index in [1.165, 1.54) is 11.6 Å². The highest BCUT2D eigenvalue weighted by molar-refractivity contribution is 5.94. The zero-order valence-electron chi connectivity index (χ0n) is 18.1. The zero-order valence-corrected chi connectivity index (χ0v) is 18.1. The Morgan fingerprint density at radius 3 is 2.69 bits per heavy atom. The Morgan fingerprint density at radius 2 is 1.94 bits per heavy atom. The van der Waals surface area contributed by atoms with Crippen LogP contribution in [0.3, 0.4) is 0 Å². The summed E-state index contributed by atoms with van der Waals surface area (Å²) in [6.07, 6.45) is 7.40. The number of benzene rings is 2. The molecule has 0 bridgehead atoms. The second kappa shape index (κ2) is 10.4. The van der Waals surface area contributed by atoms with Gasteiger partial charge in [0.2, 0.25) is 0 Å². The quantitative estimate of drug-likeness (QED) is 0.511. The zero-order chi connectivity index (χ0) is 22.3. The summed E-state index contributed by atoms with van der Waals surface area (Å²) < 4.78 is 10.6. The van der Waals surface area contributed by atoms with Gasteiger partial charge in [-0.3, -0.25) is 9.59 Å². The Bertz CT molecular complexity index is 980. The Morgan fingerprint density at radius 1 is 1.09 bits per heavy atom.